The van der Waals surface area contributed by atoms with E-state index in [4.69, 9.17) is 4.74 Å². The SMILES string of the molecule is CC(C)CC12CCC(COC1)N2C. The molecule has 2 saturated heterocycles. The average Bonchev–Trinajstić information content (AvgIpc) is 2.30. The second-order valence-electron chi connectivity index (χ2n) is 5.14. The van der Waals surface area contributed by atoms with Gasteiger partial charge in [0.25, 0.3) is 0 Å². The van der Waals surface area contributed by atoms with E-state index < -0.39 is 0 Å². The zero-order chi connectivity index (χ0) is 9.47. The predicted octanol–water partition coefficient (Wildman–Crippen LogP) is 1.90. The number of hydrogen-bond acceptors (Lipinski definition) is 2. The Morgan fingerprint density at radius 2 is 2.31 bits per heavy atom. The van der Waals surface area contributed by atoms with Crippen LogP contribution in [0.3, 0.4) is 0 Å². The van der Waals surface area contributed by atoms with Gasteiger partial charge >= 0.3 is 0 Å². The molecule has 0 aromatic carbocycles. The van der Waals surface area contributed by atoms with Crippen LogP contribution in [0.25, 0.3) is 0 Å². The highest BCUT2D eigenvalue weighted by molar-refractivity contribution is 5.02. The lowest BCUT2D eigenvalue weighted by molar-refractivity contribution is -0.0627. The molecule has 0 radical (unpaired) electrons. The molecular weight excluding hydrogens is 162 g/mol. The van der Waals surface area contributed by atoms with Crippen LogP contribution in [0.15, 0.2) is 0 Å². The quantitative estimate of drug-likeness (QED) is 0.648. The van der Waals surface area contributed by atoms with Gasteiger partial charge in [0.1, 0.15) is 0 Å². The van der Waals surface area contributed by atoms with Crippen LogP contribution in [-0.4, -0.2) is 36.7 Å². The number of nitrogens with zero attached hydrogens (tertiary/aromatic N) is 1. The summed E-state index contributed by atoms with van der Waals surface area (Å²) in [6, 6.07) is 0.701. The third kappa shape index (κ3) is 1.50. The monoisotopic (exact) mass is 183 g/mol. The van der Waals surface area contributed by atoms with Crippen LogP contribution in [0.2, 0.25) is 0 Å². The molecule has 0 saturated carbocycles. The molecule has 2 bridgehead atoms. The third-order valence-electron chi connectivity index (χ3n) is 3.71. The minimum atomic E-state index is 0.386. The van der Waals surface area contributed by atoms with Crippen LogP contribution in [0.5, 0.6) is 0 Å². The van der Waals surface area contributed by atoms with Crippen molar-refractivity contribution in [2.45, 2.75) is 44.7 Å². The number of ether oxygens (including phenoxy) is 1. The van der Waals surface area contributed by atoms with E-state index in [1.54, 1.807) is 0 Å². The topological polar surface area (TPSA) is 12.5 Å². The van der Waals surface area contributed by atoms with E-state index in [-0.39, 0.29) is 0 Å². The zero-order valence-corrected chi connectivity index (χ0v) is 9.05. The summed E-state index contributed by atoms with van der Waals surface area (Å²) in [5, 5.41) is 0. The van der Waals surface area contributed by atoms with Crippen LogP contribution in [0.4, 0.5) is 0 Å². The summed E-state index contributed by atoms with van der Waals surface area (Å²) < 4.78 is 5.69. The molecule has 0 N–H and O–H groups in total. The molecule has 2 fully saturated rings. The van der Waals surface area contributed by atoms with Gasteiger partial charge in [-0.25, -0.2) is 0 Å². The van der Waals surface area contributed by atoms with Gasteiger partial charge < -0.3 is 4.74 Å². The van der Waals surface area contributed by atoms with Crippen molar-refractivity contribution in [3.8, 4) is 0 Å². The Morgan fingerprint density at radius 1 is 1.54 bits per heavy atom. The number of fused-ring (bicyclic) bond motifs is 2. The Balaban J connectivity index is 2.11. The minimum Gasteiger partial charge on any atom is -0.378 e. The molecule has 2 unspecified atom stereocenters. The van der Waals surface area contributed by atoms with Gasteiger partial charge in [0, 0.05) is 11.6 Å². The van der Waals surface area contributed by atoms with Gasteiger partial charge in [-0.2, -0.15) is 0 Å². The summed E-state index contributed by atoms with van der Waals surface area (Å²) in [5.74, 6) is 0.780. The zero-order valence-electron chi connectivity index (χ0n) is 9.05. The molecule has 2 heteroatoms. The van der Waals surface area contributed by atoms with E-state index in [0.29, 0.717) is 11.6 Å². The van der Waals surface area contributed by atoms with Crippen molar-refractivity contribution >= 4 is 0 Å². The molecule has 0 aromatic rings. The normalized spacial score (nSPS) is 40.2. The Labute approximate surface area is 81.3 Å². The van der Waals surface area contributed by atoms with Gasteiger partial charge in [0.2, 0.25) is 0 Å². The first-order valence-corrected chi connectivity index (χ1v) is 5.45. The average molecular weight is 183 g/mol. The molecule has 13 heavy (non-hydrogen) atoms. The van der Waals surface area contributed by atoms with Crippen LogP contribution in [-0.2, 0) is 4.74 Å². The maximum Gasteiger partial charge on any atom is 0.0651 e. The Kier molecular flexibility index (Phi) is 2.37. The van der Waals surface area contributed by atoms with Crippen molar-refractivity contribution in [1.82, 2.24) is 4.90 Å². The van der Waals surface area contributed by atoms with Gasteiger partial charge in [-0.05, 0) is 32.2 Å². The molecule has 0 aromatic heterocycles. The van der Waals surface area contributed by atoms with Crippen molar-refractivity contribution in [1.29, 1.82) is 0 Å². The fourth-order valence-electron chi connectivity index (χ4n) is 3.01. The van der Waals surface area contributed by atoms with Crippen molar-refractivity contribution in [2.75, 3.05) is 20.3 Å². The van der Waals surface area contributed by atoms with Crippen LogP contribution >= 0.6 is 0 Å². The Morgan fingerprint density at radius 3 is 3.00 bits per heavy atom. The standard InChI is InChI=1S/C11H21NO/c1-9(2)6-11-5-4-10(12(11)3)7-13-8-11/h9-10H,4-8H2,1-3H3. The van der Waals surface area contributed by atoms with Crippen molar-refractivity contribution in [3.63, 3.8) is 0 Å². The van der Waals surface area contributed by atoms with Crippen LogP contribution in [0, 0.1) is 5.92 Å². The lowest BCUT2D eigenvalue weighted by atomic mass is 9.87. The third-order valence-corrected chi connectivity index (χ3v) is 3.71. The van der Waals surface area contributed by atoms with Gasteiger partial charge in [-0.3, -0.25) is 4.90 Å². The maximum absolute atomic E-state index is 5.69. The van der Waals surface area contributed by atoms with Crippen molar-refractivity contribution < 1.29 is 4.74 Å². The highest BCUT2D eigenvalue weighted by Crippen LogP contribution is 2.40. The van der Waals surface area contributed by atoms with E-state index in [2.05, 4.69) is 25.8 Å². The highest BCUT2D eigenvalue weighted by atomic mass is 16.5. The van der Waals surface area contributed by atoms with Gasteiger partial charge in [-0.1, -0.05) is 13.8 Å². The summed E-state index contributed by atoms with van der Waals surface area (Å²) >= 11 is 0. The lowest BCUT2D eigenvalue weighted by Gasteiger charge is -2.43. The van der Waals surface area contributed by atoms with Gasteiger partial charge in [0.15, 0.2) is 0 Å². The number of morpholine rings is 1. The first-order valence-electron chi connectivity index (χ1n) is 5.45. The van der Waals surface area contributed by atoms with Crippen molar-refractivity contribution in [2.24, 2.45) is 5.92 Å². The lowest BCUT2D eigenvalue weighted by Crippen LogP contribution is -2.54. The van der Waals surface area contributed by atoms with E-state index >= 15 is 0 Å². The summed E-state index contributed by atoms with van der Waals surface area (Å²) in [7, 11) is 2.28. The second-order valence-corrected chi connectivity index (χ2v) is 5.14. The molecular formula is C11H21NO. The number of likely N-dealkylation sites (N-methyl/N-ethyl adjacent to an activating group) is 1. The number of rotatable bonds is 2. The molecule has 2 rings (SSSR count). The predicted molar refractivity (Wildman–Crippen MR) is 53.8 cm³/mol. The molecule has 0 spiro atoms. The maximum atomic E-state index is 5.69. The van der Waals surface area contributed by atoms with Gasteiger partial charge in [-0.15, -0.1) is 0 Å². The molecule has 2 heterocycles. The summed E-state index contributed by atoms with van der Waals surface area (Å²) in [6.07, 6.45) is 3.97. The molecule has 2 aliphatic rings. The molecule has 2 atom stereocenters. The summed E-state index contributed by atoms with van der Waals surface area (Å²) in [5.41, 5.74) is 0.386. The van der Waals surface area contributed by atoms with Crippen LogP contribution < -0.4 is 0 Å². The van der Waals surface area contributed by atoms with Crippen LogP contribution in [0.1, 0.15) is 33.1 Å². The summed E-state index contributed by atoms with van der Waals surface area (Å²) in [6.45, 7) is 6.53. The first-order chi connectivity index (χ1) is 6.14. The van der Waals surface area contributed by atoms with E-state index in [1.807, 2.05) is 0 Å². The molecule has 2 aliphatic heterocycles. The Bertz CT molecular complexity index is 189. The fraction of sp³-hybridized carbons (Fsp3) is 1.00. The molecule has 0 amide bonds. The van der Waals surface area contributed by atoms with Crippen molar-refractivity contribution in [3.05, 3.63) is 0 Å². The van der Waals surface area contributed by atoms with E-state index in [1.165, 1.54) is 19.3 Å². The molecule has 76 valence electrons. The Hall–Kier alpha value is -0.0800. The molecule has 2 nitrogen and oxygen atoms in total. The van der Waals surface area contributed by atoms with E-state index in [0.717, 1.165) is 19.1 Å². The highest BCUT2D eigenvalue weighted by Gasteiger charge is 2.47. The largest absolute Gasteiger partial charge is 0.378 e. The van der Waals surface area contributed by atoms with Gasteiger partial charge in [0.05, 0.1) is 13.2 Å². The summed E-state index contributed by atoms with van der Waals surface area (Å²) in [4.78, 5) is 2.58. The second kappa shape index (κ2) is 3.25. The first kappa shape index (κ1) is 9.47. The molecule has 0 aliphatic carbocycles. The van der Waals surface area contributed by atoms with E-state index in [9.17, 15) is 0 Å². The smallest absolute Gasteiger partial charge is 0.0651 e. The minimum absolute atomic E-state index is 0.386. The fourth-order valence-corrected chi connectivity index (χ4v) is 3.01. The number of hydrogen-bond donors (Lipinski definition) is 0.